The first kappa shape index (κ1) is 38.3. The van der Waals surface area contributed by atoms with E-state index in [0.717, 1.165) is 79.6 Å². The summed E-state index contributed by atoms with van der Waals surface area (Å²) in [6, 6.07) is 20.0. The molecule has 0 saturated heterocycles. The molecule has 2 aromatic heterocycles. The Labute approximate surface area is 308 Å². The average molecular weight is 773 g/mol. The number of rotatable bonds is 16. The van der Waals surface area contributed by atoms with Crippen molar-refractivity contribution in [1.82, 2.24) is 19.7 Å². The molecule has 262 valence electrons. The highest BCUT2D eigenvalue weighted by atomic mass is 79.9. The van der Waals surface area contributed by atoms with E-state index in [1.54, 1.807) is 0 Å². The first-order valence-corrected chi connectivity index (χ1v) is 17.9. The van der Waals surface area contributed by atoms with Gasteiger partial charge in [0.25, 0.3) is 0 Å². The third-order valence-electron chi connectivity index (χ3n) is 8.47. The molecule has 11 heteroatoms. The molecule has 1 N–H and O–H groups in total. The topological polar surface area (TPSA) is 79.5 Å². The van der Waals surface area contributed by atoms with Crippen LogP contribution in [0.3, 0.4) is 0 Å². The van der Waals surface area contributed by atoms with Crippen molar-refractivity contribution in [2.75, 3.05) is 26.8 Å². The van der Waals surface area contributed by atoms with Crippen molar-refractivity contribution in [3.8, 4) is 22.6 Å². The fourth-order valence-electron chi connectivity index (χ4n) is 6.29. The fourth-order valence-corrected chi connectivity index (χ4v) is 7.04. The molecule has 2 heterocycles. The number of halogens is 3. The van der Waals surface area contributed by atoms with Gasteiger partial charge in [0, 0.05) is 40.5 Å². The van der Waals surface area contributed by atoms with Gasteiger partial charge in [0.15, 0.2) is 0 Å². The third kappa shape index (κ3) is 8.63. The van der Waals surface area contributed by atoms with Crippen molar-refractivity contribution >= 4 is 56.8 Å². The van der Waals surface area contributed by atoms with E-state index in [2.05, 4.69) is 44.0 Å². The first-order valence-electron chi connectivity index (χ1n) is 16.4. The van der Waals surface area contributed by atoms with Gasteiger partial charge in [0.2, 0.25) is 0 Å². The number of carbonyl (C=O) groups excluding carboxylic acids is 1. The lowest BCUT2D eigenvalue weighted by atomic mass is 9.98. The van der Waals surface area contributed by atoms with E-state index in [4.69, 9.17) is 30.9 Å². The maximum atomic E-state index is 13.8. The second kappa shape index (κ2) is 17.9. The molecule has 0 aliphatic carbocycles. The highest BCUT2D eigenvalue weighted by Crippen LogP contribution is 2.39. The quantitative estimate of drug-likeness (QED) is 0.0613. The molecule has 0 atom stereocenters. The van der Waals surface area contributed by atoms with Gasteiger partial charge in [0.05, 0.1) is 24.4 Å². The minimum atomic E-state index is -0.316. The van der Waals surface area contributed by atoms with Crippen LogP contribution in [0.1, 0.15) is 58.3 Å². The molecule has 49 heavy (non-hydrogen) atoms. The lowest BCUT2D eigenvalue weighted by Crippen LogP contribution is -2.17. The van der Waals surface area contributed by atoms with Crippen molar-refractivity contribution < 1.29 is 19.0 Å². The maximum absolute atomic E-state index is 13.8. The Morgan fingerprint density at radius 2 is 1.73 bits per heavy atom. The van der Waals surface area contributed by atoms with Crippen LogP contribution in [0.15, 0.2) is 60.7 Å². The second-order valence-corrected chi connectivity index (χ2v) is 12.7. The highest BCUT2D eigenvalue weighted by Gasteiger charge is 2.28. The number of esters is 1. The number of hydrogen-bond donors (Lipinski definition) is 1. The van der Waals surface area contributed by atoms with Crippen LogP contribution in [-0.4, -0.2) is 47.1 Å². The molecule has 0 unspecified atom stereocenters. The summed E-state index contributed by atoms with van der Waals surface area (Å²) in [7, 11) is 3.90. The normalized spacial score (nSPS) is 11.1. The minimum absolute atomic E-state index is 0. The van der Waals surface area contributed by atoms with Crippen molar-refractivity contribution in [1.29, 1.82) is 0 Å². The molecule has 0 amide bonds. The molecule has 5 aromatic rings. The molecule has 0 fully saturated rings. The number of aryl methyl sites for hydroxylation is 5. The molecule has 5 rings (SSSR count). The number of carbonyl (C=O) groups is 1. The van der Waals surface area contributed by atoms with Gasteiger partial charge >= 0.3 is 5.97 Å². The summed E-state index contributed by atoms with van der Waals surface area (Å²) < 4.78 is 22.2. The number of alkyl halides is 1. The Balaban J connectivity index is 0.00000541. The predicted molar refractivity (Wildman–Crippen MR) is 204 cm³/mol. The molecule has 3 aromatic carbocycles. The zero-order chi connectivity index (χ0) is 34.2. The Morgan fingerprint density at radius 1 is 1.00 bits per heavy atom. The van der Waals surface area contributed by atoms with E-state index in [0.29, 0.717) is 50.2 Å². The number of nitrogens with one attached hydrogen (secondary N) is 1. The van der Waals surface area contributed by atoms with Gasteiger partial charge in [-0.2, -0.15) is 5.10 Å². The van der Waals surface area contributed by atoms with Gasteiger partial charge in [-0.25, -0.2) is 4.79 Å². The third-order valence-corrected chi connectivity index (χ3v) is 9.59. The monoisotopic (exact) mass is 770 g/mol. The number of fused-ring (bicyclic) bond motifs is 1. The molecule has 0 spiro atoms. The molecule has 8 nitrogen and oxygen atoms in total. The van der Waals surface area contributed by atoms with Gasteiger partial charge in [-0.3, -0.25) is 4.68 Å². The molecule has 0 aliphatic rings. The van der Waals surface area contributed by atoms with Crippen molar-refractivity contribution in [2.45, 2.75) is 58.5 Å². The summed E-state index contributed by atoms with van der Waals surface area (Å²) in [5.41, 5.74) is 8.39. The number of para-hydroxylation sites is 2. The predicted octanol–water partition coefficient (Wildman–Crippen LogP) is 9.01. The molecule has 0 radical (unpaired) electrons. The van der Waals surface area contributed by atoms with Gasteiger partial charge in [-0.1, -0.05) is 63.9 Å². The summed E-state index contributed by atoms with van der Waals surface area (Å²) in [5, 5.41) is 10.6. The van der Waals surface area contributed by atoms with Crippen LogP contribution in [0, 0.1) is 13.8 Å². The van der Waals surface area contributed by atoms with E-state index in [9.17, 15) is 4.79 Å². The van der Waals surface area contributed by atoms with E-state index in [-0.39, 0.29) is 18.4 Å². The zero-order valence-corrected chi connectivity index (χ0v) is 31.9. The van der Waals surface area contributed by atoms with Crippen molar-refractivity contribution in [2.24, 2.45) is 7.05 Å². The van der Waals surface area contributed by atoms with Crippen LogP contribution in [0.2, 0.25) is 5.02 Å². The summed E-state index contributed by atoms with van der Waals surface area (Å²) in [6.45, 7) is 8.34. The van der Waals surface area contributed by atoms with Gasteiger partial charge in [0.1, 0.15) is 29.5 Å². The van der Waals surface area contributed by atoms with Crippen LogP contribution in [0.25, 0.3) is 22.0 Å². The summed E-state index contributed by atoms with van der Waals surface area (Å²) in [6.07, 6.45) is 2.19. The number of benzene rings is 3. The van der Waals surface area contributed by atoms with Crippen molar-refractivity contribution in [3.63, 3.8) is 0 Å². The molecule has 0 bridgehead atoms. The lowest BCUT2D eigenvalue weighted by Gasteiger charge is -2.14. The van der Waals surface area contributed by atoms with Crippen molar-refractivity contribution in [3.05, 3.63) is 99.5 Å². The SMILES string of the molecule is CCOC(=O)c1c(CCCOc2cc(C)c(Cl)c(C)c2)c2cccc(-c3c(COc4ccccc4)nn(C)c3CBr)c2n1CCCNC.Cl. The van der Waals surface area contributed by atoms with Gasteiger partial charge in [-0.15, -0.1) is 12.4 Å². The summed E-state index contributed by atoms with van der Waals surface area (Å²) in [4.78, 5) is 13.8. The van der Waals surface area contributed by atoms with E-state index in [1.807, 2.05) is 82.0 Å². The molecule has 0 saturated carbocycles. The second-order valence-electron chi connectivity index (χ2n) is 11.8. The first-order chi connectivity index (χ1) is 23.3. The van der Waals surface area contributed by atoms with Crippen LogP contribution < -0.4 is 14.8 Å². The van der Waals surface area contributed by atoms with E-state index < -0.39 is 0 Å². The number of nitrogens with zero attached hydrogens (tertiary/aromatic N) is 3. The molecular formula is C38H45BrCl2N4O4. The summed E-state index contributed by atoms with van der Waals surface area (Å²) >= 11 is 10.1. The van der Waals surface area contributed by atoms with Crippen LogP contribution >= 0.6 is 39.9 Å². The number of aromatic nitrogens is 3. The Bertz CT molecular complexity index is 1850. The average Bonchev–Trinajstić information content (AvgIpc) is 3.58. The minimum Gasteiger partial charge on any atom is -0.494 e. The Hall–Kier alpha value is -3.50. The Morgan fingerprint density at radius 3 is 2.41 bits per heavy atom. The number of hydrogen-bond acceptors (Lipinski definition) is 6. The summed E-state index contributed by atoms with van der Waals surface area (Å²) in [5.74, 6) is 1.26. The van der Waals surface area contributed by atoms with Crippen LogP contribution in [0.4, 0.5) is 0 Å². The zero-order valence-electron chi connectivity index (χ0n) is 28.8. The maximum Gasteiger partial charge on any atom is 0.355 e. The highest BCUT2D eigenvalue weighted by molar-refractivity contribution is 9.08. The van der Waals surface area contributed by atoms with E-state index in [1.165, 1.54) is 0 Å². The van der Waals surface area contributed by atoms with Crippen LogP contribution in [0.5, 0.6) is 11.5 Å². The molecular weight excluding hydrogens is 727 g/mol. The smallest absolute Gasteiger partial charge is 0.355 e. The standard InChI is InChI=1S/C38H44BrClN4O4.ClH/c1-6-46-38(45)37-30(17-11-20-47-28-21-25(2)35(40)26(3)22-28)29-15-10-16-31(36(29)44(37)19-12-18-41-4)34-32(42-43(5)33(34)23-39)24-48-27-13-8-7-9-14-27;/h7-10,13-16,21-22,41H,6,11-12,17-20,23-24H2,1-5H3;1H. The van der Waals surface area contributed by atoms with Gasteiger partial charge < -0.3 is 24.1 Å². The molecule has 0 aliphatic heterocycles. The van der Waals surface area contributed by atoms with Gasteiger partial charge in [-0.05, 0) is 94.6 Å². The lowest BCUT2D eigenvalue weighted by molar-refractivity contribution is 0.0512. The van der Waals surface area contributed by atoms with E-state index >= 15 is 0 Å². The number of ether oxygens (including phenoxy) is 3. The Kier molecular flexibility index (Phi) is 14.0. The fraction of sp³-hybridized carbons (Fsp3) is 0.368. The largest absolute Gasteiger partial charge is 0.494 e. The van der Waals surface area contributed by atoms with Crippen LogP contribution in [-0.2, 0) is 36.7 Å².